The van der Waals surface area contributed by atoms with E-state index in [0.717, 1.165) is 5.56 Å². The van der Waals surface area contributed by atoms with Crippen molar-refractivity contribution in [1.82, 2.24) is 0 Å². The predicted molar refractivity (Wildman–Crippen MR) is 68.7 cm³/mol. The Labute approximate surface area is 112 Å². The van der Waals surface area contributed by atoms with Gasteiger partial charge in [0.2, 0.25) is 0 Å². The summed E-state index contributed by atoms with van der Waals surface area (Å²) in [4.78, 5) is 11.6. The van der Waals surface area contributed by atoms with E-state index in [9.17, 15) is 9.36 Å². The number of ether oxygens (including phenoxy) is 2. The maximum Gasteiger partial charge on any atom is 0.370 e. The van der Waals surface area contributed by atoms with Crippen molar-refractivity contribution < 1.29 is 27.9 Å². The third-order valence-electron chi connectivity index (χ3n) is 2.45. The lowest BCUT2D eigenvalue weighted by Crippen LogP contribution is -2.27. The molecule has 1 rings (SSSR count). The first kappa shape index (κ1) is 15.9. The molecule has 0 heterocycles. The van der Waals surface area contributed by atoms with Gasteiger partial charge in [-0.25, -0.2) is 4.79 Å². The van der Waals surface area contributed by atoms with Gasteiger partial charge in [-0.3, -0.25) is 4.57 Å². The normalized spacial score (nSPS) is 13.0. The lowest BCUT2D eigenvalue weighted by atomic mass is 10.2. The fourth-order valence-corrected chi connectivity index (χ4v) is 2.56. The number of carbonyl (C=O) groups is 1. The molecule has 0 aliphatic heterocycles. The van der Waals surface area contributed by atoms with Crippen LogP contribution >= 0.6 is 7.60 Å². The van der Waals surface area contributed by atoms with Crippen molar-refractivity contribution >= 4 is 13.6 Å². The zero-order valence-corrected chi connectivity index (χ0v) is 12.0. The summed E-state index contributed by atoms with van der Waals surface area (Å²) in [5, 5.41) is 0. The Morgan fingerprint density at radius 3 is 2.21 bits per heavy atom. The largest absolute Gasteiger partial charge is 0.467 e. The van der Waals surface area contributed by atoms with E-state index in [2.05, 4.69) is 4.74 Å². The molecule has 1 atom stereocenters. The van der Waals surface area contributed by atoms with E-state index >= 15 is 0 Å². The number of rotatable bonds is 7. The van der Waals surface area contributed by atoms with Crippen molar-refractivity contribution in [2.45, 2.75) is 12.5 Å². The molecule has 0 bridgehead atoms. The van der Waals surface area contributed by atoms with E-state index in [1.807, 2.05) is 30.3 Å². The molecule has 7 heteroatoms. The Balaban J connectivity index is 2.82. The SMILES string of the molecule is COC(=O)C(OCc1ccccc1)P(=O)(OC)OC. The van der Waals surface area contributed by atoms with E-state index < -0.39 is 19.4 Å². The van der Waals surface area contributed by atoms with Crippen molar-refractivity contribution in [3.8, 4) is 0 Å². The molecule has 0 fully saturated rings. The summed E-state index contributed by atoms with van der Waals surface area (Å²) in [6.45, 7) is 0.0946. The highest BCUT2D eigenvalue weighted by molar-refractivity contribution is 7.55. The first-order valence-electron chi connectivity index (χ1n) is 5.52. The zero-order valence-electron chi connectivity index (χ0n) is 11.1. The number of methoxy groups -OCH3 is 1. The topological polar surface area (TPSA) is 71.1 Å². The number of esters is 1. The molecule has 0 spiro atoms. The van der Waals surface area contributed by atoms with Crippen LogP contribution in [0.4, 0.5) is 0 Å². The third kappa shape index (κ3) is 4.14. The van der Waals surface area contributed by atoms with Gasteiger partial charge in [-0.1, -0.05) is 30.3 Å². The van der Waals surface area contributed by atoms with Crippen LogP contribution in [0.5, 0.6) is 0 Å². The van der Waals surface area contributed by atoms with Crippen LogP contribution in [-0.4, -0.2) is 33.1 Å². The lowest BCUT2D eigenvalue weighted by molar-refractivity contribution is -0.150. The molecular weight excluding hydrogens is 271 g/mol. The number of benzene rings is 1. The molecule has 1 unspecified atom stereocenters. The van der Waals surface area contributed by atoms with E-state index in [-0.39, 0.29) is 6.61 Å². The van der Waals surface area contributed by atoms with Crippen LogP contribution in [0, 0.1) is 0 Å². The minimum atomic E-state index is -3.70. The molecule has 0 saturated heterocycles. The van der Waals surface area contributed by atoms with E-state index in [4.69, 9.17) is 13.8 Å². The molecule has 0 amide bonds. The Hall–Kier alpha value is -1.20. The van der Waals surface area contributed by atoms with Gasteiger partial charge in [0, 0.05) is 14.2 Å². The first-order chi connectivity index (χ1) is 9.07. The summed E-state index contributed by atoms with van der Waals surface area (Å²) >= 11 is 0. The highest BCUT2D eigenvalue weighted by Crippen LogP contribution is 2.52. The molecule has 19 heavy (non-hydrogen) atoms. The smallest absolute Gasteiger partial charge is 0.370 e. The number of carbonyl (C=O) groups excluding carboxylic acids is 1. The second-order valence-electron chi connectivity index (χ2n) is 3.58. The molecule has 106 valence electrons. The van der Waals surface area contributed by atoms with E-state index in [1.165, 1.54) is 21.3 Å². The molecule has 0 aliphatic carbocycles. The van der Waals surface area contributed by atoms with Crippen molar-refractivity contribution in [2.75, 3.05) is 21.3 Å². The van der Waals surface area contributed by atoms with Gasteiger partial charge in [0.1, 0.15) is 0 Å². The minimum Gasteiger partial charge on any atom is -0.467 e. The van der Waals surface area contributed by atoms with Crippen LogP contribution in [0.1, 0.15) is 5.56 Å². The standard InChI is InChI=1S/C12H17O6P/c1-15-11(13)12(19(14,16-2)17-3)18-9-10-7-5-4-6-8-10/h4-8,12H,9H2,1-3H3. The fourth-order valence-electron chi connectivity index (χ4n) is 1.40. The van der Waals surface area contributed by atoms with Gasteiger partial charge in [-0.2, -0.15) is 0 Å². The molecule has 6 nitrogen and oxygen atoms in total. The van der Waals surface area contributed by atoms with Gasteiger partial charge < -0.3 is 18.5 Å². The maximum atomic E-state index is 12.2. The molecule has 0 aromatic heterocycles. The van der Waals surface area contributed by atoms with Gasteiger partial charge in [-0.15, -0.1) is 0 Å². The van der Waals surface area contributed by atoms with Crippen molar-refractivity contribution in [2.24, 2.45) is 0 Å². The Kier molecular flexibility index (Phi) is 6.18. The molecule has 1 aromatic rings. The maximum absolute atomic E-state index is 12.2. The molecule has 0 aliphatic rings. The van der Waals surface area contributed by atoms with Crippen molar-refractivity contribution in [3.63, 3.8) is 0 Å². The molecule has 0 radical (unpaired) electrons. The second-order valence-corrected chi connectivity index (χ2v) is 5.86. The van der Waals surface area contributed by atoms with Crippen LogP contribution < -0.4 is 0 Å². The Morgan fingerprint density at radius 2 is 1.74 bits per heavy atom. The average Bonchev–Trinajstić information content (AvgIpc) is 2.47. The molecule has 0 N–H and O–H groups in total. The lowest BCUT2D eigenvalue weighted by Gasteiger charge is -2.22. The van der Waals surface area contributed by atoms with Crippen LogP contribution in [0.3, 0.4) is 0 Å². The number of hydrogen-bond acceptors (Lipinski definition) is 6. The van der Waals surface area contributed by atoms with Gasteiger partial charge in [0.15, 0.2) is 0 Å². The van der Waals surface area contributed by atoms with Gasteiger partial charge in [-0.05, 0) is 5.56 Å². The van der Waals surface area contributed by atoms with Gasteiger partial charge in [0.05, 0.1) is 13.7 Å². The van der Waals surface area contributed by atoms with Crippen LogP contribution in [0.25, 0.3) is 0 Å². The van der Waals surface area contributed by atoms with Crippen LogP contribution in [0.15, 0.2) is 30.3 Å². The number of hydrogen-bond donors (Lipinski definition) is 0. The predicted octanol–water partition coefficient (Wildman–Crippen LogP) is 2.19. The summed E-state index contributed by atoms with van der Waals surface area (Å²) < 4.78 is 31.6. The highest BCUT2D eigenvalue weighted by Gasteiger charge is 2.42. The quantitative estimate of drug-likeness (QED) is 0.565. The Morgan fingerprint density at radius 1 is 1.16 bits per heavy atom. The fraction of sp³-hybridized carbons (Fsp3) is 0.417. The monoisotopic (exact) mass is 288 g/mol. The zero-order chi connectivity index (χ0) is 14.3. The molecule has 0 saturated carbocycles. The highest BCUT2D eigenvalue weighted by atomic mass is 31.2. The van der Waals surface area contributed by atoms with E-state index in [1.54, 1.807) is 0 Å². The third-order valence-corrected chi connectivity index (χ3v) is 4.40. The summed E-state index contributed by atoms with van der Waals surface area (Å²) in [5.41, 5.74) is 0.829. The van der Waals surface area contributed by atoms with Crippen LogP contribution in [0.2, 0.25) is 0 Å². The van der Waals surface area contributed by atoms with Crippen molar-refractivity contribution in [3.05, 3.63) is 35.9 Å². The van der Waals surface area contributed by atoms with Gasteiger partial charge in [0.25, 0.3) is 5.85 Å². The summed E-state index contributed by atoms with van der Waals surface area (Å²) in [6.07, 6.45) is 0. The Bertz CT molecular complexity index is 439. The molecular formula is C12H17O6P. The molecule has 1 aromatic carbocycles. The van der Waals surface area contributed by atoms with Crippen LogP contribution in [-0.2, 0) is 34.5 Å². The summed E-state index contributed by atoms with van der Waals surface area (Å²) in [7, 11) is -0.147. The first-order valence-corrected chi connectivity index (χ1v) is 7.13. The van der Waals surface area contributed by atoms with E-state index in [0.29, 0.717) is 0 Å². The summed E-state index contributed by atoms with van der Waals surface area (Å²) in [5.74, 6) is -2.21. The van der Waals surface area contributed by atoms with Gasteiger partial charge >= 0.3 is 13.6 Å². The second kappa shape index (κ2) is 7.40. The average molecular weight is 288 g/mol. The summed E-state index contributed by atoms with van der Waals surface area (Å²) in [6, 6.07) is 9.16. The minimum absolute atomic E-state index is 0.0946. The van der Waals surface area contributed by atoms with Crippen molar-refractivity contribution in [1.29, 1.82) is 0 Å².